The van der Waals surface area contributed by atoms with E-state index in [0.29, 0.717) is 0 Å². The molecule has 0 amide bonds. The molecule has 0 spiro atoms. The fraction of sp³-hybridized carbons (Fsp3) is 0.833. The molecule has 0 aromatic carbocycles. The van der Waals surface area contributed by atoms with Crippen molar-refractivity contribution in [3.63, 3.8) is 0 Å². The van der Waals surface area contributed by atoms with E-state index in [9.17, 15) is 4.79 Å². The number of hydrogen-bond acceptors (Lipinski definition) is 3. The summed E-state index contributed by atoms with van der Waals surface area (Å²) in [5.41, 5.74) is 0. The van der Waals surface area contributed by atoms with Gasteiger partial charge in [0.15, 0.2) is 0 Å². The van der Waals surface area contributed by atoms with E-state index in [1.54, 1.807) is 0 Å². The van der Waals surface area contributed by atoms with Gasteiger partial charge in [-0.25, -0.2) is 4.79 Å². The minimum Gasteiger partial charge on any atom is -0.438 e. The molecular weight excluding hydrogens is 120 g/mol. The minimum absolute atomic E-state index is 0.0440. The van der Waals surface area contributed by atoms with Crippen molar-refractivity contribution in [1.82, 2.24) is 0 Å². The molecule has 3 nitrogen and oxygen atoms in total. The first-order valence-corrected chi connectivity index (χ1v) is 2.95. The molecule has 0 N–H and O–H groups in total. The quantitative estimate of drug-likeness (QED) is 0.535. The monoisotopic (exact) mass is 132 g/mol. The molecule has 0 saturated carbocycles. The van der Waals surface area contributed by atoms with E-state index in [1.807, 2.05) is 13.8 Å². The van der Waals surface area contributed by atoms with Crippen molar-refractivity contribution >= 4 is 6.16 Å². The average molecular weight is 132 g/mol. The summed E-state index contributed by atoms with van der Waals surface area (Å²) in [7, 11) is 1.30. The Morgan fingerprint density at radius 2 is 2.22 bits per heavy atom. The van der Waals surface area contributed by atoms with Crippen molar-refractivity contribution < 1.29 is 14.3 Å². The average Bonchev–Trinajstić information content (AvgIpc) is 1.87. The predicted octanol–water partition coefficient (Wildman–Crippen LogP) is 1.57. The molecule has 0 radical (unpaired) electrons. The molecule has 0 heterocycles. The highest BCUT2D eigenvalue weighted by Crippen LogP contribution is 1.96. The molecule has 0 bridgehead atoms. The lowest BCUT2D eigenvalue weighted by molar-refractivity contribution is 0.0423. The summed E-state index contributed by atoms with van der Waals surface area (Å²) >= 11 is 0. The van der Waals surface area contributed by atoms with E-state index in [4.69, 9.17) is 0 Å². The smallest absolute Gasteiger partial charge is 0.438 e. The van der Waals surface area contributed by atoms with Gasteiger partial charge in [-0.15, -0.1) is 0 Å². The molecule has 0 aromatic heterocycles. The Morgan fingerprint density at radius 1 is 1.67 bits per heavy atom. The molecule has 9 heavy (non-hydrogen) atoms. The number of ether oxygens (including phenoxy) is 2. The third-order valence-electron chi connectivity index (χ3n) is 1.04. The van der Waals surface area contributed by atoms with Crippen molar-refractivity contribution in [2.45, 2.75) is 26.4 Å². The first-order valence-electron chi connectivity index (χ1n) is 2.95. The summed E-state index contributed by atoms with van der Waals surface area (Å²) < 4.78 is 8.95. The number of carbonyl (C=O) groups excluding carboxylic acids is 1. The van der Waals surface area contributed by atoms with Gasteiger partial charge in [0.05, 0.1) is 7.11 Å². The Bertz CT molecular complexity index is 90.3. The molecule has 0 aliphatic rings. The van der Waals surface area contributed by atoms with Gasteiger partial charge in [0.1, 0.15) is 6.10 Å². The first kappa shape index (κ1) is 8.27. The van der Waals surface area contributed by atoms with Crippen LogP contribution in [-0.2, 0) is 9.47 Å². The Kier molecular flexibility index (Phi) is 3.84. The summed E-state index contributed by atoms with van der Waals surface area (Å²) in [5, 5.41) is 0. The zero-order valence-electron chi connectivity index (χ0n) is 6.01. The van der Waals surface area contributed by atoms with Crippen molar-refractivity contribution in [1.29, 1.82) is 0 Å². The molecule has 0 aliphatic carbocycles. The van der Waals surface area contributed by atoms with Gasteiger partial charge in [0.2, 0.25) is 0 Å². The van der Waals surface area contributed by atoms with Crippen molar-refractivity contribution in [2.24, 2.45) is 0 Å². The van der Waals surface area contributed by atoms with Crippen LogP contribution in [0.15, 0.2) is 0 Å². The Hall–Kier alpha value is -0.730. The van der Waals surface area contributed by atoms with E-state index >= 15 is 0 Å². The molecule has 0 rings (SSSR count). The normalized spacial score (nSPS) is 12.3. The van der Waals surface area contributed by atoms with Gasteiger partial charge in [-0.05, 0) is 13.3 Å². The highest BCUT2D eigenvalue weighted by molar-refractivity contribution is 5.59. The highest BCUT2D eigenvalue weighted by atomic mass is 16.7. The van der Waals surface area contributed by atoms with Gasteiger partial charge in [-0.3, -0.25) is 0 Å². The van der Waals surface area contributed by atoms with Crippen LogP contribution < -0.4 is 0 Å². The Labute approximate surface area is 55.0 Å². The second-order valence-electron chi connectivity index (χ2n) is 1.79. The van der Waals surface area contributed by atoms with Crippen LogP contribution in [0.4, 0.5) is 4.79 Å². The summed E-state index contributed by atoms with van der Waals surface area (Å²) in [6.07, 6.45) is 0.163. The molecule has 54 valence electrons. The van der Waals surface area contributed by atoms with Gasteiger partial charge < -0.3 is 9.47 Å². The second-order valence-corrected chi connectivity index (χ2v) is 1.79. The van der Waals surface area contributed by atoms with Gasteiger partial charge in [-0.2, -0.15) is 0 Å². The zero-order chi connectivity index (χ0) is 7.28. The van der Waals surface area contributed by atoms with Crippen molar-refractivity contribution in [3.8, 4) is 0 Å². The molecule has 0 unspecified atom stereocenters. The zero-order valence-corrected chi connectivity index (χ0v) is 6.01. The predicted molar refractivity (Wildman–Crippen MR) is 33.2 cm³/mol. The first-order chi connectivity index (χ1) is 4.20. The fourth-order valence-electron chi connectivity index (χ4n) is 0.296. The maximum Gasteiger partial charge on any atom is 0.508 e. The lowest BCUT2D eigenvalue weighted by atomic mass is 10.3. The standard InChI is InChI=1S/C6H12O3/c1-4-5(2)9-6(7)8-3/h5H,4H2,1-3H3/t5-/m1/s1. The van der Waals surface area contributed by atoms with Crippen molar-refractivity contribution in [2.75, 3.05) is 7.11 Å². The third-order valence-corrected chi connectivity index (χ3v) is 1.04. The van der Waals surface area contributed by atoms with Gasteiger partial charge in [0, 0.05) is 0 Å². The van der Waals surface area contributed by atoms with E-state index in [0.717, 1.165) is 6.42 Å². The topological polar surface area (TPSA) is 35.5 Å². The molecule has 0 fully saturated rings. The third kappa shape index (κ3) is 3.82. The van der Waals surface area contributed by atoms with E-state index in [1.165, 1.54) is 7.11 Å². The number of methoxy groups -OCH3 is 1. The summed E-state index contributed by atoms with van der Waals surface area (Å²) in [6, 6.07) is 0. The molecule has 3 heteroatoms. The maximum absolute atomic E-state index is 10.3. The maximum atomic E-state index is 10.3. The van der Waals surface area contributed by atoms with E-state index < -0.39 is 6.16 Å². The van der Waals surface area contributed by atoms with Crippen LogP contribution in [0, 0.1) is 0 Å². The second kappa shape index (κ2) is 4.18. The molecule has 0 saturated heterocycles. The summed E-state index contributed by atoms with van der Waals surface area (Å²) in [4.78, 5) is 10.3. The van der Waals surface area contributed by atoms with Crippen LogP contribution in [0.1, 0.15) is 20.3 Å². The summed E-state index contributed by atoms with van der Waals surface area (Å²) in [5.74, 6) is 0. The number of hydrogen-bond donors (Lipinski definition) is 0. The van der Waals surface area contributed by atoms with Crippen LogP contribution in [0.2, 0.25) is 0 Å². The summed E-state index contributed by atoms with van der Waals surface area (Å²) in [6.45, 7) is 3.75. The van der Waals surface area contributed by atoms with Crippen LogP contribution in [-0.4, -0.2) is 19.4 Å². The van der Waals surface area contributed by atoms with Crippen LogP contribution in [0.3, 0.4) is 0 Å². The number of rotatable bonds is 2. The lowest BCUT2D eigenvalue weighted by Crippen LogP contribution is -2.13. The van der Waals surface area contributed by atoms with Gasteiger partial charge in [-0.1, -0.05) is 6.92 Å². The molecule has 0 aliphatic heterocycles. The van der Waals surface area contributed by atoms with Crippen LogP contribution >= 0.6 is 0 Å². The fourth-order valence-corrected chi connectivity index (χ4v) is 0.296. The van der Waals surface area contributed by atoms with Crippen molar-refractivity contribution in [3.05, 3.63) is 0 Å². The van der Waals surface area contributed by atoms with Gasteiger partial charge >= 0.3 is 6.16 Å². The van der Waals surface area contributed by atoms with Crippen LogP contribution in [0.5, 0.6) is 0 Å². The van der Waals surface area contributed by atoms with Gasteiger partial charge in [0.25, 0.3) is 0 Å². The van der Waals surface area contributed by atoms with E-state index in [2.05, 4.69) is 9.47 Å². The minimum atomic E-state index is -0.607. The van der Waals surface area contributed by atoms with Crippen LogP contribution in [0.25, 0.3) is 0 Å². The lowest BCUT2D eigenvalue weighted by Gasteiger charge is -2.07. The van der Waals surface area contributed by atoms with E-state index in [-0.39, 0.29) is 6.10 Å². The highest BCUT2D eigenvalue weighted by Gasteiger charge is 2.04. The molecule has 0 aromatic rings. The number of carbonyl (C=O) groups is 1. The molecular formula is C6H12O3. The Morgan fingerprint density at radius 3 is 2.56 bits per heavy atom. The Balaban J connectivity index is 3.34. The largest absolute Gasteiger partial charge is 0.508 e. The molecule has 1 atom stereocenters. The SMILES string of the molecule is CC[C@@H](C)OC(=O)OC.